The molecule has 2 aromatic rings. The molecule has 0 unspecified atom stereocenters. The fraction of sp³-hybridized carbons (Fsp3) is 0.500. The SMILES string of the molecule is CN(CCCCN(C/C(=C/N)c1ccccc1)Cc1cccc(F)n1)C1CCCCC1. The summed E-state index contributed by atoms with van der Waals surface area (Å²) in [6.07, 6.45) is 10.8. The molecule has 1 fully saturated rings. The number of unbranched alkanes of at least 4 members (excludes halogenated alkanes) is 1. The number of pyridine rings is 1. The van der Waals surface area contributed by atoms with Crippen LogP contribution in [0.25, 0.3) is 5.57 Å². The second kappa shape index (κ2) is 12.6. The van der Waals surface area contributed by atoms with Gasteiger partial charge in [-0.2, -0.15) is 4.39 Å². The minimum atomic E-state index is -0.427. The van der Waals surface area contributed by atoms with Crippen molar-refractivity contribution in [1.29, 1.82) is 0 Å². The molecule has 1 aliphatic rings. The minimum Gasteiger partial charge on any atom is -0.404 e. The van der Waals surface area contributed by atoms with Crippen molar-refractivity contribution in [2.75, 3.05) is 26.7 Å². The molecule has 0 bridgehead atoms. The van der Waals surface area contributed by atoms with Crippen LogP contribution in [0.4, 0.5) is 4.39 Å². The molecule has 0 radical (unpaired) electrons. The fourth-order valence-electron chi connectivity index (χ4n) is 4.52. The van der Waals surface area contributed by atoms with Gasteiger partial charge in [-0.15, -0.1) is 0 Å². The van der Waals surface area contributed by atoms with Gasteiger partial charge in [0.15, 0.2) is 0 Å². The number of benzene rings is 1. The van der Waals surface area contributed by atoms with E-state index in [1.165, 1.54) is 38.2 Å². The zero-order valence-electron chi connectivity index (χ0n) is 18.8. The molecular formula is C26H37FN4. The average molecular weight is 425 g/mol. The van der Waals surface area contributed by atoms with E-state index in [-0.39, 0.29) is 0 Å². The lowest BCUT2D eigenvalue weighted by Gasteiger charge is -2.31. The second-order valence-electron chi connectivity index (χ2n) is 8.70. The first kappa shape index (κ1) is 23.4. The zero-order chi connectivity index (χ0) is 21.9. The van der Waals surface area contributed by atoms with Gasteiger partial charge >= 0.3 is 0 Å². The third-order valence-corrected chi connectivity index (χ3v) is 6.33. The van der Waals surface area contributed by atoms with E-state index in [2.05, 4.69) is 34.0 Å². The Bertz CT molecular complexity index is 802. The van der Waals surface area contributed by atoms with E-state index in [4.69, 9.17) is 5.73 Å². The number of aromatic nitrogens is 1. The van der Waals surface area contributed by atoms with Crippen LogP contribution in [0.3, 0.4) is 0 Å². The second-order valence-corrected chi connectivity index (χ2v) is 8.70. The van der Waals surface area contributed by atoms with Crippen LogP contribution >= 0.6 is 0 Å². The summed E-state index contributed by atoms with van der Waals surface area (Å²) in [6, 6.07) is 16.0. The molecule has 1 aromatic carbocycles. The molecule has 31 heavy (non-hydrogen) atoms. The molecule has 168 valence electrons. The van der Waals surface area contributed by atoms with Crippen molar-refractivity contribution in [2.45, 2.75) is 57.5 Å². The summed E-state index contributed by atoms with van der Waals surface area (Å²) in [5, 5.41) is 0. The largest absolute Gasteiger partial charge is 0.404 e. The third-order valence-electron chi connectivity index (χ3n) is 6.33. The quantitative estimate of drug-likeness (QED) is 0.404. The smallest absolute Gasteiger partial charge is 0.213 e. The van der Waals surface area contributed by atoms with Crippen molar-refractivity contribution in [3.8, 4) is 0 Å². The average Bonchev–Trinajstić information content (AvgIpc) is 2.81. The lowest BCUT2D eigenvalue weighted by atomic mass is 9.94. The highest BCUT2D eigenvalue weighted by molar-refractivity contribution is 5.66. The van der Waals surface area contributed by atoms with E-state index in [0.717, 1.165) is 55.3 Å². The van der Waals surface area contributed by atoms with Crippen LogP contribution in [0.5, 0.6) is 0 Å². The van der Waals surface area contributed by atoms with Crippen molar-refractivity contribution in [3.05, 3.63) is 71.9 Å². The summed E-state index contributed by atoms with van der Waals surface area (Å²) < 4.78 is 13.6. The van der Waals surface area contributed by atoms with E-state index in [0.29, 0.717) is 6.54 Å². The number of hydrogen-bond acceptors (Lipinski definition) is 4. The predicted octanol–water partition coefficient (Wildman–Crippen LogP) is 5.07. The van der Waals surface area contributed by atoms with Crippen molar-refractivity contribution < 1.29 is 4.39 Å². The normalized spacial score (nSPS) is 15.7. The van der Waals surface area contributed by atoms with Crippen LogP contribution in [0, 0.1) is 5.95 Å². The van der Waals surface area contributed by atoms with Crippen molar-refractivity contribution in [3.63, 3.8) is 0 Å². The van der Waals surface area contributed by atoms with E-state index in [1.54, 1.807) is 12.3 Å². The summed E-state index contributed by atoms with van der Waals surface area (Å²) in [4.78, 5) is 8.95. The summed E-state index contributed by atoms with van der Waals surface area (Å²) in [7, 11) is 2.27. The van der Waals surface area contributed by atoms with Gasteiger partial charge in [0.25, 0.3) is 0 Å². The van der Waals surface area contributed by atoms with Crippen molar-refractivity contribution >= 4 is 5.57 Å². The standard InChI is InChI=1S/C26H37FN4/c1-30(25-14-6-3-7-15-25)17-8-9-18-31(21-24-13-10-16-26(27)29-24)20-23(19-28)22-11-4-2-5-12-22/h2,4-5,10-13,16,19,25H,3,6-9,14-15,17-18,20-21,28H2,1H3/b23-19-. The van der Waals surface area contributed by atoms with Crippen LogP contribution in [0.1, 0.15) is 56.2 Å². The first-order valence-corrected chi connectivity index (χ1v) is 11.7. The maximum absolute atomic E-state index is 13.6. The maximum Gasteiger partial charge on any atom is 0.213 e. The van der Waals surface area contributed by atoms with Crippen LogP contribution in [-0.4, -0.2) is 47.5 Å². The molecule has 0 spiro atoms. The molecule has 0 aliphatic heterocycles. The molecule has 4 nitrogen and oxygen atoms in total. The molecular weight excluding hydrogens is 387 g/mol. The van der Waals surface area contributed by atoms with Gasteiger partial charge in [0.05, 0.1) is 5.69 Å². The van der Waals surface area contributed by atoms with Crippen LogP contribution < -0.4 is 5.73 Å². The van der Waals surface area contributed by atoms with Gasteiger partial charge in [-0.25, -0.2) is 4.98 Å². The first-order valence-electron chi connectivity index (χ1n) is 11.7. The van der Waals surface area contributed by atoms with E-state index in [1.807, 2.05) is 24.3 Å². The summed E-state index contributed by atoms with van der Waals surface area (Å²) >= 11 is 0. The predicted molar refractivity (Wildman–Crippen MR) is 127 cm³/mol. The Kier molecular flexibility index (Phi) is 9.50. The summed E-state index contributed by atoms with van der Waals surface area (Å²) in [5.74, 6) is -0.427. The monoisotopic (exact) mass is 424 g/mol. The molecule has 3 rings (SSSR count). The minimum absolute atomic E-state index is 0.427. The van der Waals surface area contributed by atoms with Gasteiger partial charge in [-0.3, -0.25) is 4.90 Å². The van der Waals surface area contributed by atoms with Gasteiger partial charge in [-0.05, 0) is 75.3 Å². The Hall–Kier alpha value is -2.24. The zero-order valence-corrected chi connectivity index (χ0v) is 18.8. The lowest BCUT2D eigenvalue weighted by molar-refractivity contribution is 0.184. The first-order chi connectivity index (χ1) is 15.2. The Morgan fingerprint density at radius 3 is 2.48 bits per heavy atom. The Morgan fingerprint density at radius 2 is 1.77 bits per heavy atom. The molecule has 1 heterocycles. The van der Waals surface area contributed by atoms with Crippen LogP contribution in [0.2, 0.25) is 0 Å². The van der Waals surface area contributed by atoms with Gasteiger partial charge in [0.2, 0.25) is 5.95 Å². The summed E-state index contributed by atoms with van der Waals surface area (Å²) in [6.45, 7) is 3.40. The van der Waals surface area contributed by atoms with E-state index < -0.39 is 5.95 Å². The van der Waals surface area contributed by atoms with Crippen LogP contribution in [0.15, 0.2) is 54.7 Å². The maximum atomic E-state index is 13.6. The van der Waals surface area contributed by atoms with Gasteiger partial charge in [0.1, 0.15) is 0 Å². The number of nitrogens with zero attached hydrogens (tertiary/aromatic N) is 3. The number of rotatable bonds is 11. The Balaban J connectivity index is 1.57. The number of nitrogens with two attached hydrogens (primary N) is 1. The number of halogens is 1. The molecule has 0 saturated heterocycles. The van der Waals surface area contributed by atoms with Crippen LogP contribution in [-0.2, 0) is 6.54 Å². The fourth-order valence-corrected chi connectivity index (χ4v) is 4.52. The molecule has 1 aromatic heterocycles. The molecule has 1 saturated carbocycles. The van der Waals surface area contributed by atoms with Crippen molar-refractivity contribution in [1.82, 2.24) is 14.8 Å². The Labute approximate surface area is 187 Å². The highest BCUT2D eigenvalue weighted by Gasteiger charge is 2.17. The van der Waals surface area contributed by atoms with E-state index >= 15 is 0 Å². The number of hydrogen-bond donors (Lipinski definition) is 1. The topological polar surface area (TPSA) is 45.4 Å². The molecule has 0 atom stereocenters. The Morgan fingerprint density at radius 1 is 1.03 bits per heavy atom. The summed E-state index contributed by atoms with van der Waals surface area (Å²) in [5.41, 5.74) is 8.93. The lowest BCUT2D eigenvalue weighted by Crippen LogP contribution is -2.34. The van der Waals surface area contributed by atoms with Gasteiger partial charge in [-0.1, -0.05) is 55.7 Å². The molecule has 0 amide bonds. The van der Waals surface area contributed by atoms with Gasteiger partial charge in [0, 0.05) is 19.1 Å². The van der Waals surface area contributed by atoms with Gasteiger partial charge < -0.3 is 10.6 Å². The molecule has 2 N–H and O–H groups in total. The highest BCUT2D eigenvalue weighted by atomic mass is 19.1. The molecule has 1 aliphatic carbocycles. The third kappa shape index (κ3) is 7.75. The highest BCUT2D eigenvalue weighted by Crippen LogP contribution is 2.22. The molecule has 5 heteroatoms. The van der Waals surface area contributed by atoms with E-state index in [9.17, 15) is 4.39 Å². The van der Waals surface area contributed by atoms with Crippen molar-refractivity contribution in [2.24, 2.45) is 5.73 Å².